The number of hydrogen-bond acceptors (Lipinski definition) is 4. The molecule has 0 aliphatic rings. The average Bonchev–Trinajstić information content (AvgIpc) is 2.18. The lowest BCUT2D eigenvalue weighted by atomic mass is 10.2. The van der Waals surface area contributed by atoms with Crippen molar-refractivity contribution in [3.05, 3.63) is 23.8 Å². The van der Waals surface area contributed by atoms with Crippen LogP contribution in [-0.4, -0.2) is 29.7 Å². The number of ether oxygens (including phenoxy) is 1. The highest BCUT2D eigenvalue weighted by Crippen LogP contribution is 2.25. The van der Waals surface area contributed by atoms with Gasteiger partial charge in [-0.1, -0.05) is 0 Å². The second-order valence-electron chi connectivity index (χ2n) is 2.36. The van der Waals surface area contributed by atoms with Crippen molar-refractivity contribution in [1.82, 2.24) is 0 Å². The Morgan fingerprint density at radius 1 is 1.53 bits per heavy atom. The van der Waals surface area contributed by atoms with Crippen LogP contribution in [0.4, 0.5) is 0 Å². The normalized spacial score (nSPS) is 8.33. The Labute approximate surface area is 85.9 Å². The summed E-state index contributed by atoms with van der Waals surface area (Å²) in [4.78, 5) is 19.0. The molecule has 15 heavy (non-hydrogen) atoms. The number of phenolic OH excluding ortho intramolecular Hbond substituents is 1. The van der Waals surface area contributed by atoms with E-state index < -0.39 is 5.91 Å². The summed E-state index contributed by atoms with van der Waals surface area (Å²) in [6, 6.07) is 4.23. The quantitative estimate of drug-likeness (QED) is 0.608. The Balaban J connectivity index is 0.000000583. The summed E-state index contributed by atoms with van der Waals surface area (Å²) >= 11 is 0. The maximum Gasteiger partial charge on any atom is 0.290 e. The smallest absolute Gasteiger partial charge is 0.290 e. The van der Waals surface area contributed by atoms with Crippen LogP contribution in [0.2, 0.25) is 0 Å². The summed E-state index contributed by atoms with van der Waals surface area (Å²) in [5.41, 5.74) is 5.24. The van der Waals surface area contributed by atoms with Gasteiger partial charge in [0.15, 0.2) is 11.5 Å². The molecule has 6 heteroatoms. The van der Waals surface area contributed by atoms with Gasteiger partial charge in [-0.2, -0.15) is 0 Å². The molecule has 6 nitrogen and oxygen atoms in total. The standard InChI is InChI=1S/C8H9NO3.CH2O2/c1-12-7-3-2-5(8(9)11)4-6(7)10;2-1-3/h2-4,10H,1H3,(H2,9,11);1H,(H,2,3). The van der Waals surface area contributed by atoms with Crippen molar-refractivity contribution < 1.29 is 24.5 Å². The van der Waals surface area contributed by atoms with Crippen LogP contribution in [0.5, 0.6) is 11.5 Å². The summed E-state index contributed by atoms with van der Waals surface area (Å²) in [5.74, 6) is -0.346. The van der Waals surface area contributed by atoms with Crippen LogP contribution in [0.1, 0.15) is 10.4 Å². The van der Waals surface area contributed by atoms with E-state index >= 15 is 0 Å². The van der Waals surface area contributed by atoms with E-state index in [4.69, 9.17) is 20.4 Å². The highest BCUT2D eigenvalue weighted by atomic mass is 16.5. The highest BCUT2D eigenvalue weighted by molar-refractivity contribution is 5.93. The molecule has 0 saturated heterocycles. The molecule has 0 aliphatic heterocycles. The lowest BCUT2D eigenvalue weighted by Crippen LogP contribution is -2.10. The first-order chi connectivity index (χ1) is 7.06. The molecular weight excluding hydrogens is 202 g/mol. The van der Waals surface area contributed by atoms with E-state index in [1.54, 1.807) is 0 Å². The maximum atomic E-state index is 10.6. The number of phenols is 1. The van der Waals surface area contributed by atoms with Crippen LogP contribution in [0, 0.1) is 0 Å². The van der Waals surface area contributed by atoms with Gasteiger partial charge in [0.1, 0.15) is 0 Å². The molecular formula is C9H11NO5. The third-order valence-electron chi connectivity index (χ3n) is 1.46. The molecule has 0 heterocycles. The largest absolute Gasteiger partial charge is 0.504 e. The second kappa shape index (κ2) is 6.25. The fourth-order valence-corrected chi connectivity index (χ4v) is 0.843. The van der Waals surface area contributed by atoms with Gasteiger partial charge >= 0.3 is 0 Å². The minimum absolute atomic E-state index is 0.0891. The van der Waals surface area contributed by atoms with E-state index in [1.807, 2.05) is 0 Å². The molecule has 1 amide bonds. The van der Waals surface area contributed by atoms with Crippen LogP contribution in [0.25, 0.3) is 0 Å². The summed E-state index contributed by atoms with van der Waals surface area (Å²) in [5, 5.41) is 16.1. The van der Waals surface area contributed by atoms with Crippen LogP contribution < -0.4 is 10.5 Å². The number of methoxy groups -OCH3 is 1. The molecule has 4 N–H and O–H groups in total. The lowest BCUT2D eigenvalue weighted by molar-refractivity contribution is -0.122. The fourth-order valence-electron chi connectivity index (χ4n) is 0.843. The van der Waals surface area contributed by atoms with Crippen molar-refractivity contribution in [3.63, 3.8) is 0 Å². The zero-order valence-electron chi connectivity index (χ0n) is 8.01. The number of aromatic hydroxyl groups is 1. The predicted octanol–water partition coefficient (Wildman–Crippen LogP) is 0.201. The molecule has 1 aromatic carbocycles. The van der Waals surface area contributed by atoms with Crippen molar-refractivity contribution in [2.24, 2.45) is 5.73 Å². The first kappa shape index (κ1) is 12.8. The number of hydrogen-bond donors (Lipinski definition) is 3. The first-order valence-electron chi connectivity index (χ1n) is 3.81. The molecule has 0 aliphatic carbocycles. The van der Waals surface area contributed by atoms with Gasteiger partial charge in [0, 0.05) is 5.56 Å². The number of rotatable bonds is 2. The second-order valence-corrected chi connectivity index (χ2v) is 2.36. The molecule has 0 radical (unpaired) electrons. The topological polar surface area (TPSA) is 110 Å². The number of benzene rings is 1. The zero-order valence-corrected chi connectivity index (χ0v) is 8.01. The molecule has 0 bridgehead atoms. The molecule has 1 aromatic rings. The van der Waals surface area contributed by atoms with Gasteiger partial charge in [-0.15, -0.1) is 0 Å². The number of carbonyl (C=O) groups is 2. The number of carboxylic acid groups (broad SMARTS) is 1. The molecule has 0 fully saturated rings. The molecule has 1 rings (SSSR count). The van der Waals surface area contributed by atoms with Gasteiger partial charge in [-0.05, 0) is 18.2 Å². The molecule has 0 atom stereocenters. The maximum absolute atomic E-state index is 10.6. The van der Waals surface area contributed by atoms with E-state index in [-0.39, 0.29) is 17.8 Å². The average molecular weight is 213 g/mol. The first-order valence-corrected chi connectivity index (χ1v) is 3.81. The van der Waals surface area contributed by atoms with Crippen molar-refractivity contribution in [2.75, 3.05) is 7.11 Å². The number of nitrogens with two attached hydrogens (primary N) is 1. The number of carbonyl (C=O) groups excluding carboxylic acids is 1. The number of amides is 1. The van der Waals surface area contributed by atoms with Gasteiger partial charge in [0.25, 0.3) is 6.47 Å². The van der Waals surface area contributed by atoms with Gasteiger partial charge in [-0.3, -0.25) is 9.59 Å². The van der Waals surface area contributed by atoms with E-state index in [0.717, 1.165) is 0 Å². The van der Waals surface area contributed by atoms with Crippen molar-refractivity contribution in [1.29, 1.82) is 0 Å². The van der Waals surface area contributed by atoms with Crippen LogP contribution in [0.3, 0.4) is 0 Å². The van der Waals surface area contributed by atoms with Gasteiger partial charge in [0.2, 0.25) is 5.91 Å². The van der Waals surface area contributed by atoms with Crippen molar-refractivity contribution >= 4 is 12.4 Å². The molecule has 0 saturated carbocycles. The predicted molar refractivity (Wildman–Crippen MR) is 51.9 cm³/mol. The summed E-state index contributed by atoms with van der Waals surface area (Å²) in [6.45, 7) is -0.250. The fraction of sp³-hybridized carbons (Fsp3) is 0.111. The van der Waals surface area contributed by atoms with E-state index in [0.29, 0.717) is 5.75 Å². The minimum atomic E-state index is -0.576. The Hall–Kier alpha value is -2.24. The molecule has 82 valence electrons. The molecule has 0 spiro atoms. The summed E-state index contributed by atoms with van der Waals surface area (Å²) < 4.78 is 4.78. The van der Waals surface area contributed by atoms with Crippen LogP contribution >= 0.6 is 0 Å². The highest BCUT2D eigenvalue weighted by Gasteiger charge is 2.05. The van der Waals surface area contributed by atoms with E-state index in [9.17, 15) is 9.90 Å². The summed E-state index contributed by atoms with van der Waals surface area (Å²) in [6.07, 6.45) is 0. The summed E-state index contributed by atoms with van der Waals surface area (Å²) in [7, 11) is 1.43. The molecule has 0 aromatic heterocycles. The number of primary amides is 1. The Kier molecular flexibility index (Phi) is 5.32. The lowest BCUT2D eigenvalue weighted by Gasteiger charge is -2.03. The minimum Gasteiger partial charge on any atom is -0.504 e. The third kappa shape index (κ3) is 3.99. The monoisotopic (exact) mass is 213 g/mol. The van der Waals surface area contributed by atoms with Gasteiger partial charge in [0.05, 0.1) is 7.11 Å². The Morgan fingerprint density at radius 3 is 2.40 bits per heavy atom. The zero-order chi connectivity index (χ0) is 11.8. The SMILES string of the molecule is COc1ccc(C(N)=O)cc1O.O=CO. The van der Waals surface area contributed by atoms with E-state index in [1.165, 1.54) is 25.3 Å². The third-order valence-corrected chi connectivity index (χ3v) is 1.46. The van der Waals surface area contributed by atoms with E-state index in [2.05, 4.69) is 0 Å². The molecule has 0 unspecified atom stereocenters. The van der Waals surface area contributed by atoms with Gasteiger partial charge < -0.3 is 20.7 Å². The van der Waals surface area contributed by atoms with Crippen LogP contribution in [-0.2, 0) is 4.79 Å². The van der Waals surface area contributed by atoms with Crippen molar-refractivity contribution in [2.45, 2.75) is 0 Å². The van der Waals surface area contributed by atoms with Gasteiger partial charge in [-0.25, -0.2) is 0 Å². The Bertz CT molecular complexity index is 350. The van der Waals surface area contributed by atoms with Crippen LogP contribution in [0.15, 0.2) is 18.2 Å². The van der Waals surface area contributed by atoms with Crippen molar-refractivity contribution in [3.8, 4) is 11.5 Å². The Morgan fingerprint density at radius 2 is 2.07 bits per heavy atom.